The number of hydrogen-bond donors (Lipinski definition) is 1. The van der Waals surface area contributed by atoms with Crippen LogP contribution in [-0.2, 0) is 81.3 Å². The Hall–Kier alpha value is -9.74. The molecule has 0 atom stereocenters. The van der Waals surface area contributed by atoms with E-state index in [4.69, 9.17) is 19.3 Å². The second-order valence-electron chi connectivity index (χ2n) is 26.1. The number of carbonyl (C=O) groups is 20. The van der Waals surface area contributed by atoms with Crippen LogP contribution in [-0.4, -0.2) is 297 Å². The van der Waals surface area contributed by atoms with Crippen LogP contribution < -0.4 is 0 Å². The Labute approximate surface area is 611 Å². The Morgan fingerprint density at radius 3 is 0.981 bits per heavy atom. The van der Waals surface area contributed by atoms with Gasteiger partial charge in [0.25, 0.3) is 23.6 Å². The van der Waals surface area contributed by atoms with E-state index in [9.17, 15) is 95.9 Å². The molecule has 0 radical (unpaired) electrons. The minimum atomic E-state index is -1.70. The molecule has 1 N–H and O–H groups in total. The lowest BCUT2D eigenvalue weighted by atomic mass is 10.1. The first-order chi connectivity index (χ1) is 49.4. The van der Waals surface area contributed by atoms with Crippen molar-refractivity contribution >= 4 is 119 Å². The topological polar surface area (TPSA) is 428 Å². The summed E-state index contributed by atoms with van der Waals surface area (Å²) in [5.74, 6) is -8.25. The SMILES string of the molecule is CC1=CC(=O)N(CC(=O)O)C(=O)C1.CCCCCCCCCCCCN1C(=O)CC(=O)N(CCCCCCCCCCCC)C1=O.CN1C(=O)C(N2C(=O)OC(C)(C)C2=O)C(=O)N(C)C1=O.CN1C(=O)CC(=O)N(C)C1=O.CN1C(=O)CC(=O)N(C)C1=O.COCCN1C(=O)CC(=O)N(CCOC)C1=O. The molecule has 36 nitrogen and oxygen atoms in total. The van der Waals surface area contributed by atoms with Crippen LogP contribution >= 0.6 is 0 Å². The van der Waals surface area contributed by atoms with Crippen LogP contribution in [0.25, 0.3) is 0 Å². The van der Waals surface area contributed by atoms with Gasteiger partial charge in [-0.15, -0.1) is 0 Å². The Morgan fingerprint density at radius 2 is 0.695 bits per heavy atom. The summed E-state index contributed by atoms with van der Waals surface area (Å²) in [7, 11) is 10.7. The number of unbranched alkanes of at least 4 members (excludes halogenated alkanes) is 18. The number of rotatable bonds is 31. The number of nitrogens with zero attached hydrogens (tertiary/aromatic N) is 12. The van der Waals surface area contributed by atoms with E-state index >= 15 is 0 Å². The third-order valence-corrected chi connectivity index (χ3v) is 17.4. The molecule has 6 fully saturated rings. The highest BCUT2D eigenvalue weighted by Crippen LogP contribution is 2.29. The van der Waals surface area contributed by atoms with Gasteiger partial charge in [-0.1, -0.05) is 135 Å². The van der Waals surface area contributed by atoms with Gasteiger partial charge in [0, 0.05) is 82.1 Å². The molecule has 7 rings (SSSR count). The minimum absolute atomic E-state index is 0.124. The maximum absolute atomic E-state index is 12.7. The van der Waals surface area contributed by atoms with Crippen molar-refractivity contribution in [3.05, 3.63) is 11.6 Å². The van der Waals surface area contributed by atoms with Gasteiger partial charge in [0.05, 0.1) is 26.3 Å². The minimum Gasteiger partial charge on any atom is -0.480 e. The number of aliphatic carboxylic acids is 1. The van der Waals surface area contributed by atoms with E-state index in [0.29, 0.717) is 33.4 Å². The van der Waals surface area contributed by atoms with Gasteiger partial charge in [-0.3, -0.25) is 121 Å². The average Bonchev–Trinajstić information content (AvgIpc) is 1.63. The maximum atomic E-state index is 12.7. The number of methoxy groups -OCH3 is 2. The Kier molecular flexibility index (Phi) is 39.6. The number of barbiturate groups is 5. The monoisotopic (exact) mass is 1490 g/mol. The van der Waals surface area contributed by atoms with E-state index in [2.05, 4.69) is 13.8 Å². The van der Waals surface area contributed by atoms with E-state index in [1.165, 1.54) is 162 Å². The molecule has 7 aliphatic rings. The maximum Gasteiger partial charge on any atom is 0.418 e. The highest BCUT2D eigenvalue weighted by Gasteiger charge is 2.57. The Bertz CT molecular complexity index is 3050. The van der Waals surface area contributed by atoms with Gasteiger partial charge in [-0.25, -0.2) is 33.7 Å². The predicted octanol–water partition coefficient (Wildman–Crippen LogP) is 5.26. The highest BCUT2D eigenvalue weighted by molar-refractivity contribution is 6.23. The summed E-state index contributed by atoms with van der Waals surface area (Å²) in [6.07, 6.45) is 23.9. The standard InChI is InChI=1S/C28H52N2O3.C11H13N3O6.C10H16N2O5.C8H9NO4.2C6H8N2O3/c1-3-5-7-9-11-13-15-17-19-21-23-29-26(31)25-27(32)30(28(29)33)24-22-20-18-16-14-12-10-8-6-4-2;1-11(2)8(17)14(10(19)20-11)5-6(15)12(3)9(18)13(4)7(5)16;1-16-5-3-11-8(13)7-9(14)12(10(11)15)4-6-17-2;1-5-2-6(10)9(4-8(12)13)7(11)3-5;2*1-7-4(9)3-5(10)8(2)6(7)11/h3-25H2,1-2H3;5H,1-4H3;3-7H2,1-2H3;2H,3-4H2,1H3,(H,12,13);2*3H2,1-2H3. The fraction of sp³-hybridized carbons (Fsp3) is 0.681. The van der Waals surface area contributed by atoms with Crippen molar-refractivity contribution < 1.29 is 115 Å². The summed E-state index contributed by atoms with van der Waals surface area (Å²) in [5.41, 5.74) is -0.785. The summed E-state index contributed by atoms with van der Waals surface area (Å²) in [5, 5.41) is 8.40. The fourth-order valence-electron chi connectivity index (χ4n) is 10.8. The van der Waals surface area contributed by atoms with Crippen molar-refractivity contribution in [3.8, 4) is 0 Å². The number of amides is 24. The molecule has 105 heavy (non-hydrogen) atoms. The summed E-state index contributed by atoms with van der Waals surface area (Å²) >= 11 is 0. The zero-order valence-corrected chi connectivity index (χ0v) is 63.0. The lowest BCUT2D eigenvalue weighted by molar-refractivity contribution is -0.153. The zero-order valence-electron chi connectivity index (χ0n) is 63.0. The number of cyclic esters (lactones) is 1. The van der Waals surface area contributed by atoms with Gasteiger partial charge < -0.3 is 19.3 Å². The third-order valence-electron chi connectivity index (χ3n) is 17.4. The van der Waals surface area contributed by atoms with E-state index in [1.807, 2.05) is 0 Å². The molecule has 6 saturated heterocycles. The van der Waals surface area contributed by atoms with Crippen LogP contribution in [0.3, 0.4) is 0 Å². The average molecular weight is 1490 g/mol. The Morgan fingerprint density at radius 1 is 0.410 bits per heavy atom. The quantitative estimate of drug-likeness (QED) is 0.0525. The van der Waals surface area contributed by atoms with Crippen LogP contribution in [0.15, 0.2) is 11.6 Å². The number of likely N-dealkylation sites (N-methyl/N-ethyl adjacent to an activating group) is 2. The third kappa shape index (κ3) is 28.0. The van der Waals surface area contributed by atoms with E-state index in [0.717, 1.165) is 86.9 Å². The first-order valence-corrected chi connectivity index (χ1v) is 35.2. The van der Waals surface area contributed by atoms with Crippen molar-refractivity contribution in [2.75, 3.05) is 102 Å². The van der Waals surface area contributed by atoms with Crippen LogP contribution in [0, 0.1) is 0 Å². The van der Waals surface area contributed by atoms with Crippen LogP contribution in [0.5, 0.6) is 0 Å². The summed E-state index contributed by atoms with van der Waals surface area (Å²) < 4.78 is 14.5. The first kappa shape index (κ1) is 91.3. The number of urea groups is 5. The highest BCUT2D eigenvalue weighted by atomic mass is 16.6. The van der Waals surface area contributed by atoms with Gasteiger partial charge in [0.15, 0.2) is 5.60 Å². The number of carboxylic acids is 1. The number of imide groups is 12. The molecule has 0 spiro atoms. The van der Waals surface area contributed by atoms with Crippen LogP contribution in [0.4, 0.5) is 28.8 Å². The second kappa shape index (κ2) is 45.5. The van der Waals surface area contributed by atoms with E-state index in [-0.39, 0.29) is 76.3 Å². The van der Waals surface area contributed by atoms with Crippen LogP contribution in [0.1, 0.15) is 195 Å². The largest absolute Gasteiger partial charge is 0.480 e. The molecular formula is C69H106N12O24. The smallest absolute Gasteiger partial charge is 0.418 e. The molecule has 586 valence electrons. The number of hydrogen-bond acceptors (Lipinski definition) is 23. The first-order valence-electron chi connectivity index (χ1n) is 35.2. The van der Waals surface area contributed by atoms with Crippen molar-refractivity contribution in [1.82, 2.24) is 58.8 Å². The van der Waals surface area contributed by atoms with Crippen LogP contribution in [0.2, 0.25) is 0 Å². The van der Waals surface area contributed by atoms with Crippen molar-refractivity contribution in [2.45, 2.75) is 207 Å². The lowest BCUT2D eigenvalue weighted by Gasteiger charge is -2.35. The summed E-state index contributed by atoms with van der Waals surface area (Å²) in [6.45, 7) is 10.0. The molecular weight excluding hydrogens is 1380 g/mol. The summed E-state index contributed by atoms with van der Waals surface area (Å²) in [4.78, 5) is 240. The molecule has 24 amide bonds. The van der Waals surface area contributed by atoms with Gasteiger partial charge in [0.1, 0.15) is 32.2 Å². The van der Waals surface area contributed by atoms with E-state index in [1.54, 1.807) is 6.92 Å². The van der Waals surface area contributed by atoms with E-state index < -0.39 is 119 Å². The van der Waals surface area contributed by atoms with Gasteiger partial charge in [-0.2, -0.15) is 0 Å². The fourth-order valence-corrected chi connectivity index (χ4v) is 10.8. The Balaban J connectivity index is 0.000000450. The predicted molar refractivity (Wildman–Crippen MR) is 370 cm³/mol. The lowest BCUT2D eigenvalue weighted by Crippen LogP contribution is -2.66. The molecule has 0 aliphatic carbocycles. The zero-order chi connectivity index (χ0) is 79.6. The molecule has 7 heterocycles. The molecule has 36 heteroatoms. The number of carboxylic acid groups (broad SMARTS) is 1. The van der Waals surface area contributed by atoms with Crippen molar-refractivity contribution in [2.24, 2.45) is 0 Å². The normalized spacial score (nSPS) is 18.1. The van der Waals surface area contributed by atoms with Gasteiger partial charge in [0.2, 0.25) is 59.2 Å². The molecule has 0 saturated carbocycles. The second-order valence-corrected chi connectivity index (χ2v) is 26.1. The van der Waals surface area contributed by atoms with Gasteiger partial charge in [-0.05, 0) is 33.6 Å². The number of ether oxygens (including phenoxy) is 3. The van der Waals surface area contributed by atoms with Crippen molar-refractivity contribution in [1.29, 1.82) is 0 Å². The molecule has 0 bridgehead atoms. The number of carbonyl (C=O) groups excluding carboxylic acids is 19. The molecule has 0 unspecified atom stereocenters. The van der Waals surface area contributed by atoms with Gasteiger partial charge >= 0.3 is 42.2 Å². The summed E-state index contributed by atoms with van der Waals surface area (Å²) in [6, 6.07) is -4.64. The molecule has 7 aliphatic heterocycles. The molecule has 0 aromatic heterocycles. The molecule has 0 aromatic rings. The molecule has 0 aromatic carbocycles. The van der Waals surface area contributed by atoms with Crippen molar-refractivity contribution in [3.63, 3.8) is 0 Å².